The second-order valence-corrected chi connectivity index (χ2v) is 16.2. The Balaban J connectivity index is 1.38. The van der Waals surface area contributed by atoms with Crippen LogP contribution in [0.3, 0.4) is 0 Å². The first-order valence-corrected chi connectivity index (χ1v) is 17.1. The molecule has 0 aliphatic heterocycles. The molecule has 4 fully saturated rings. The number of nitrogens with zero attached hydrogens (tertiary/aromatic N) is 1. The maximum Gasteiger partial charge on any atom is 0.312 e. The number of sulfone groups is 1. The molecule has 0 radical (unpaired) electrons. The van der Waals surface area contributed by atoms with E-state index in [1.165, 1.54) is 24.3 Å². The van der Waals surface area contributed by atoms with E-state index in [-0.39, 0.29) is 34.3 Å². The van der Waals surface area contributed by atoms with E-state index in [4.69, 9.17) is 4.74 Å². The molecule has 4 aliphatic rings. The van der Waals surface area contributed by atoms with Gasteiger partial charge in [-0.25, -0.2) is 12.8 Å². The Morgan fingerprint density at radius 3 is 2.29 bits per heavy atom. The Bertz CT molecular complexity index is 1640. The van der Waals surface area contributed by atoms with Gasteiger partial charge in [-0.2, -0.15) is 18.6 Å². The highest BCUT2D eigenvalue weighted by atomic mass is 32.3. The molecule has 1 amide bonds. The van der Waals surface area contributed by atoms with Crippen molar-refractivity contribution < 1.29 is 39.9 Å². The SMILES string of the molecule is CS(=O)(=O)c1ccc(OC2C(F)(F)C2(N[C@]2(C(=O)NC3(C#N)CC3)C[C@H]2[S+](=O)(O)CC2CC2)c2ccc(F)cc2)cc1. The van der Waals surface area contributed by atoms with Gasteiger partial charge in [0.1, 0.15) is 22.9 Å². The summed E-state index contributed by atoms with van der Waals surface area (Å²) >= 11 is 0. The van der Waals surface area contributed by atoms with Crippen molar-refractivity contribution >= 4 is 26.0 Å². The van der Waals surface area contributed by atoms with E-state index in [1.807, 2.05) is 6.07 Å². The first kappa shape index (κ1) is 29.1. The zero-order valence-corrected chi connectivity index (χ0v) is 24.1. The lowest BCUT2D eigenvalue weighted by atomic mass is 10.0. The van der Waals surface area contributed by atoms with Gasteiger partial charge in [0.05, 0.1) is 11.0 Å². The van der Waals surface area contributed by atoms with Crippen LogP contribution in [0.4, 0.5) is 13.2 Å². The molecule has 224 valence electrons. The van der Waals surface area contributed by atoms with Gasteiger partial charge >= 0.3 is 5.92 Å². The lowest BCUT2D eigenvalue weighted by Gasteiger charge is -2.27. The number of nitrogens with one attached hydrogen (secondary N) is 2. The highest BCUT2D eigenvalue weighted by Gasteiger charge is 2.89. The third-order valence-electron chi connectivity index (χ3n) is 8.63. The minimum atomic E-state index is -3.69. The summed E-state index contributed by atoms with van der Waals surface area (Å²) in [7, 11) is -7.20. The molecule has 2 aromatic carbocycles. The van der Waals surface area contributed by atoms with E-state index in [0.717, 1.165) is 43.4 Å². The molecule has 0 saturated heterocycles. The van der Waals surface area contributed by atoms with Crippen molar-refractivity contribution in [3.05, 3.63) is 59.9 Å². The molecule has 9 nitrogen and oxygen atoms in total. The van der Waals surface area contributed by atoms with Gasteiger partial charge in [-0.1, -0.05) is 16.3 Å². The summed E-state index contributed by atoms with van der Waals surface area (Å²) in [5, 5.41) is 13.7. The summed E-state index contributed by atoms with van der Waals surface area (Å²) < 4.78 is 99.7. The van der Waals surface area contributed by atoms with E-state index < -0.39 is 65.7 Å². The summed E-state index contributed by atoms with van der Waals surface area (Å²) in [6.45, 7) is 0. The van der Waals surface area contributed by atoms with E-state index in [2.05, 4.69) is 10.6 Å². The third kappa shape index (κ3) is 4.80. The topological polar surface area (TPSA) is 146 Å². The second kappa shape index (κ2) is 9.25. The van der Waals surface area contributed by atoms with Gasteiger partial charge < -0.3 is 10.1 Å². The summed E-state index contributed by atoms with van der Waals surface area (Å²) in [5.41, 5.74) is -5.63. The number of rotatable bonds is 11. The number of halogens is 3. The summed E-state index contributed by atoms with van der Waals surface area (Å²) in [6.07, 6.45) is 1.08. The number of carbonyl (C=O) groups excluding carboxylic acids is 1. The Morgan fingerprint density at radius 2 is 1.76 bits per heavy atom. The predicted molar refractivity (Wildman–Crippen MR) is 145 cm³/mol. The van der Waals surface area contributed by atoms with Crippen LogP contribution in [0, 0.1) is 23.1 Å². The van der Waals surface area contributed by atoms with Crippen LogP contribution in [0.5, 0.6) is 5.75 Å². The van der Waals surface area contributed by atoms with Gasteiger partial charge in [0.15, 0.2) is 32.3 Å². The molecule has 5 atom stereocenters. The first-order chi connectivity index (χ1) is 19.6. The van der Waals surface area contributed by atoms with Crippen molar-refractivity contribution in [1.82, 2.24) is 10.6 Å². The van der Waals surface area contributed by atoms with Gasteiger partial charge in [0, 0.05) is 18.6 Å². The average molecular weight is 625 g/mol. The number of ether oxygens (including phenoxy) is 1. The number of carbonyl (C=O) groups is 1. The Morgan fingerprint density at radius 1 is 1.14 bits per heavy atom. The van der Waals surface area contributed by atoms with Crippen molar-refractivity contribution in [2.45, 2.75) is 70.9 Å². The van der Waals surface area contributed by atoms with Crippen LogP contribution in [0.15, 0.2) is 53.4 Å². The summed E-state index contributed by atoms with van der Waals surface area (Å²) in [6, 6.07) is 11.1. The smallest absolute Gasteiger partial charge is 0.312 e. The Kier molecular flexibility index (Phi) is 6.41. The molecule has 3 unspecified atom stereocenters. The molecule has 42 heavy (non-hydrogen) atoms. The lowest BCUT2D eigenvalue weighted by Crippen LogP contribution is -2.58. The zero-order chi connectivity index (χ0) is 30.3. The van der Waals surface area contributed by atoms with Crippen molar-refractivity contribution in [3.8, 4) is 11.8 Å². The molecule has 0 spiro atoms. The predicted octanol–water partition coefficient (Wildman–Crippen LogP) is 3.18. The van der Waals surface area contributed by atoms with E-state index in [1.54, 1.807) is 0 Å². The molecular weight excluding hydrogens is 595 g/mol. The van der Waals surface area contributed by atoms with Crippen LogP contribution in [0.2, 0.25) is 0 Å². The van der Waals surface area contributed by atoms with Gasteiger partial charge in [-0.3, -0.25) is 10.1 Å². The lowest BCUT2D eigenvalue weighted by molar-refractivity contribution is -0.125. The van der Waals surface area contributed by atoms with Crippen LogP contribution >= 0.6 is 0 Å². The van der Waals surface area contributed by atoms with E-state index >= 15 is 8.78 Å². The number of nitriles is 1. The third-order valence-corrected chi connectivity index (χ3v) is 12.2. The number of hydrogen-bond donors (Lipinski definition) is 3. The molecule has 2 aromatic rings. The second-order valence-electron chi connectivity index (χ2n) is 11.9. The summed E-state index contributed by atoms with van der Waals surface area (Å²) in [5.74, 6) is -5.34. The summed E-state index contributed by atoms with van der Waals surface area (Å²) in [4.78, 5) is 13.7. The molecule has 6 rings (SSSR count). The number of hydrogen-bond acceptors (Lipinski definition) is 7. The number of amides is 1. The molecule has 4 saturated carbocycles. The van der Waals surface area contributed by atoms with Gasteiger partial charge in [-0.05, 0) is 67.6 Å². The molecule has 0 bridgehead atoms. The van der Waals surface area contributed by atoms with Crippen LogP contribution in [0.1, 0.15) is 37.7 Å². The van der Waals surface area contributed by atoms with Crippen molar-refractivity contribution in [2.75, 3.05) is 12.0 Å². The van der Waals surface area contributed by atoms with Gasteiger partial charge in [-0.15, -0.1) is 0 Å². The fraction of sp³-hybridized carbons (Fsp3) is 0.500. The zero-order valence-electron chi connectivity index (χ0n) is 22.5. The molecule has 0 heterocycles. The van der Waals surface area contributed by atoms with Crippen LogP contribution in [-0.4, -0.2) is 59.2 Å². The maximum absolute atomic E-state index is 16.0. The molecule has 4 aliphatic carbocycles. The number of alkyl halides is 2. The molecular formula is C28H29F3N3O6S2+. The van der Waals surface area contributed by atoms with Gasteiger partial charge in [0.25, 0.3) is 0 Å². The number of benzene rings is 2. The molecule has 0 aromatic heterocycles. The van der Waals surface area contributed by atoms with Crippen LogP contribution in [-0.2, 0) is 34.6 Å². The van der Waals surface area contributed by atoms with Crippen molar-refractivity contribution in [2.24, 2.45) is 5.92 Å². The van der Waals surface area contributed by atoms with Crippen LogP contribution < -0.4 is 15.4 Å². The fourth-order valence-corrected chi connectivity index (χ4v) is 8.82. The van der Waals surface area contributed by atoms with Crippen molar-refractivity contribution in [3.63, 3.8) is 0 Å². The van der Waals surface area contributed by atoms with E-state index in [0.29, 0.717) is 12.8 Å². The normalized spacial score (nSPS) is 31.7. The Labute approximate surface area is 242 Å². The van der Waals surface area contributed by atoms with Crippen LogP contribution in [0.25, 0.3) is 0 Å². The fourth-order valence-electron chi connectivity index (χ4n) is 5.63. The molecule has 3 N–H and O–H groups in total. The largest absolute Gasteiger partial charge is 0.481 e. The van der Waals surface area contributed by atoms with E-state index in [9.17, 15) is 31.6 Å². The first-order valence-electron chi connectivity index (χ1n) is 13.5. The van der Waals surface area contributed by atoms with Crippen molar-refractivity contribution in [1.29, 1.82) is 5.26 Å². The monoisotopic (exact) mass is 624 g/mol. The van der Waals surface area contributed by atoms with Gasteiger partial charge in [0.2, 0.25) is 16.1 Å². The Hall–Kier alpha value is -2.99. The maximum atomic E-state index is 16.0. The highest BCUT2D eigenvalue weighted by Crippen LogP contribution is 2.64. The highest BCUT2D eigenvalue weighted by molar-refractivity contribution is 7.98. The minimum absolute atomic E-state index is 0.0113. The molecule has 14 heteroatoms. The average Bonchev–Trinajstić information content (AvgIpc) is 3.76. The minimum Gasteiger partial charge on any atom is -0.481 e. The standard InChI is InChI=1S/C28H28F3N3O6S2/c1-41(36,37)21-10-8-20(9-11-21)40-23-27(28(23,30)31,18-4-6-19(29)7-5-18)34-26(24(35)33-25(16-32)12-13-25)14-22(26)42(38,39)15-17-2-3-17/h4-11,17,22-23,34H,2-3,12-15H2,1H3,(H-,33,35,38,39)/p+1/t22-,23?,26-,27?/m1/s1. The quantitative estimate of drug-likeness (QED) is 0.324.